The summed E-state index contributed by atoms with van der Waals surface area (Å²) in [7, 11) is -20.1. The fourth-order valence-electron chi connectivity index (χ4n) is 9.58. The maximum Gasteiger partial charge on any atom is 0.303 e. The molecule has 7 rings (SSSR count). The molecule has 0 saturated carbocycles. The molecule has 2 aliphatic heterocycles. The molecule has 1 amide bonds. The first kappa shape index (κ1) is 54.8. The summed E-state index contributed by atoms with van der Waals surface area (Å²) >= 11 is 0. The van der Waals surface area contributed by atoms with E-state index in [0.717, 1.165) is 18.2 Å². The van der Waals surface area contributed by atoms with Crippen LogP contribution in [0.25, 0.3) is 32.7 Å². The van der Waals surface area contributed by atoms with Crippen molar-refractivity contribution in [1.82, 2.24) is 5.32 Å². The van der Waals surface area contributed by atoms with Gasteiger partial charge in [-0.3, -0.25) is 37.9 Å². The van der Waals surface area contributed by atoms with Gasteiger partial charge < -0.3 is 15.3 Å². The number of unbranched alkanes of at least 4 members (excludes halogenated alkanes) is 2. The third kappa shape index (κ3) is 10.5. The van der Waals surface area contributed by atoms with Crippen molar-refractivity contribution in [2.75, 3.05) is 24.5 Å². The molecule has 0 aliphatic carbocycles. The Bertz CT molecular complexity index is 3900. The van der Waals surface area contributed by atoms with Crippen molar-refractivity contribution in [3.8, 4) is 0 Å². The molecular formula is C49H49N4O17S4+. The Morgan fingerprint density at radius 3 is 1.93 bits per heavy atom. The molecule has 0 bridgehead atoms. The Morgan fingerprint density at radius 2 is 1.38 bits per heavy atom. The molecule has 2 heterocycles. The molecule has 6 N–H and O–H groups in total. The number of carbonyl (C=O) groups is 2. The molecule has 0 radical (unpaired) electrons. The number of amides is 1. The first-order valence-electron chi connectivity index (χ1n) is 22.5. The van der Waals surface area contributed by atoms with Crippen LogP contribution < -0.4 is 10.2 Å². The number of nitro benzene ring substituents is 1. The Kier molecular flexibility index (Phi) is 14.8. The van der Waals surface area contributed by atoms with Gasteiger partial charge in [0.25, 0.3) is 52.1 Å². The molecule has 0 atom stereocenters. The summed E-state index contributed by atoms with van der Waals surface area (Å²) in [6, 6.07) is 13.1. The fourth-order valence-corrected chi connectivity index (χ4v) is 12.3. The average Bonchev–Trinajstić information content (AvgIpc) is 3.72. The van der Waals surface area contributed by atoms with Gasteiger partial charge in [0.2, 0.25) is 11.4 Å². The van der Waals surface area contributed by atoms with Crippen molar-refractivity contribution in [3.63, 3.8) is 0 Å². The second kappa shape index (κ2) is 20.0. The number of hydrogen-bond acceptors (Lipinski definition) is 13. The van der Waals surface area contributed by atoms with Gasteiger partial charge in [0.05, 0.1) is 31.4 Å². The number of nitro groups is 1. The smallest absolute Gasteiger partial charge is 0.303 e. The molecule has 390 valence electrons. The van der Waals surface area contributed by atoms with E-state index in [0.29, 0.717) is 59.7 Å². The van der Waals surface area contributed by atoms with E-state index in [1.54, 1.807) is 56.6 Å². The highest BCUT2D eigenvalue weighted by Gasteiger charge is 2.42. The minimum Gasteiger partial charge on any atom is -0.481 e. The summed E-state index contributed by atoms with van der Waals surface area (Å²) in [4.78, 5) is 35.1. The van der Waals surface area contributed by atoms with Crippen LogP contribution in [0.4, 0.5) is 17.1 Å². The SMILES string of the molecule is C=C1C(/C=C/C(=C/C=C2/N(CC)c3ccc4c(S(=O)(=O)O)cc(S(=O)(=O)O)cc4c3C2(C)C)c2ccc(C(=O)NCCCCCC(=O)O)cc2[N+](=O)[O-])=[N+](CC)c2ccc3c(S(=O)(=O)O)cc(S(=O)(=O)O)cc3c21. The Hall–Kier alpha value is -6.97. The van der Waals surface area contributed by atoms with Crippen LogP contribution in [0.1, 0.15) is 80.4 Å². The van der Waals surface area contributed by atoms with E-state index in [9.17, 15) is 71.6 Å². The zero-order valence-electron chi connectivity index (χ0n) is 39.9. The Balaban J connectivity index is 1.42. The van der Waals surface area contributed by atoms with Crippen molar-refractivity contribution in [2.45, 2.75) is 78.4 Å². The van der Waals surface area contributed by atoms with Gasteiger partial charge in [0.1, 0.15) is 16.3 Å². The third-order valence-electron chi connectivity index (χ3n) is 12.9. The first-order chi connectivity index (χ1) is 34.4. The lowest BCUT2D eigenvalue weighted by Gasteiger charge is -2.26. The summed E-state index contributed by atoms with van der Waals surface area (Å²) in [5.74, 6) is -1.59. The number of rotatable bonds is 18. The number of aliphatic carboxylic acids is 1. The minimum atomic E-state index is -5.06. The number of fused-ring (bicyclic) bond motifs is 6. The van der Waals surface area contributed by atoms with Crippen LogP contribution in [0.3, 0.4) is 0 Å². The van der Waals surface area contributed by atoms with Gasteiger partial charge >= 0.3 is 5.97 Å². The number of anilines is 1. The zero-order valence-corrected chi connectivity index (χ0v) is 43.2. The van der Waals surface area contributed by atoms with Gasteiger partial charge in [0.15, 0.2) is 0 Å². The van der Waals surface area contributed by atoms with E-state index in [-0.39, 0.29) is 75.4 Å². The number of carboxylic acids is 1. The number of carbonyl (C=O) groups excluding carboxylic acids is 1. The normalized spacial score (nSPS) is 15.7. The highest BCUT2D eigenvalue weighted by Crippen LogP contribution is 2.52. The van der Waals surface area contributed by atoms with Crippen molar-refractivity contribution in [3.05, 3.63) is 136 Å². The summed E-state index contributed by atoms with van der Waals surface area (Å²) in [6.45, 7) is 12.0. The highest BCUT2D eigenvalue weighted by molar-refractivity contribution is 7.87. The number of carboxylic acid groups (broad SMARTS) is 1. The largest absolute Gasteiger partial charge is 0.481 e. The van der Waals surface area contributed by atoms with Crippen LogP contribution in [0, 0.1) is 10.1 Å². The van der Waals surface area contributed by atoms with Crippen molar-refractivity contribution in [1.29, 1.82) is 0 Å². The Labute approximate surface area is 425 Å². The molecular weight excluding hydrogens is 1040 g/mol. The second-order valence-electron chi connectivity index (χ2n) is 17.8. The quantitative estimate of drug-likeness (QED) is 0.0122. The predicted octanol–water partition coefficient (Wildman–Crippen LogP) is 7.74. The van der Waals surface area contributed by atoms with Crippen LogP contribution in [-0.4, -0.2) is 104 Å². The molecule has 0 aromatic heterocycles. The van der Waals surface area contributed by atoms with Gasteiger partial charge in [-0.15, -0.1) is 0 Å². The van der Waals surface area contributed by atoms with E-state index in [4.69, 9.17) is 5.11 Å². The molecule has 21 nitrogen and oxygen atoms in total. The maximum absolute atomic E-state index is 13.3. The second-order valence-corrected chi connectivity index (χ2v) is 23.4. The number of likely N-dealkylation sites (N-methyl/N-ethyl adjacent to an activating group) is 1. The molecule has 5 aromatic rings. The molecule has 5 aromatic carbocycles. The zero-order chi connectivity index (χ0) is 54.6. The lowest BCUT2D eigenvalue weighted by molar-refractivity contribution is -0.431. The molecule has 25 heteroatoms. The van der Waals surface area contributed by atoms with E-state index in [1.807, 2.05) is 4.90 Å². The third-order valence-corrected chi connectivity index (χ3v) is 16.3. The van der Waals surface area contributed by atoms with Crippen LogP contribution in [0.15, 0.2) is 123 Å². The fraction of sp³-hybridized carbons (Fsp3) is 0.245. The molecule has 2 aliphatic rings. The van der Waals surface area contributed by atoms with Gasteiger partial charge in [-0.25, -0.2) is 0 Å². The van der Waals surface area contributed by atoms with Crippen molar-refractivity contribution in [2.24, 2.45) is 0 Å². The summed E-state index contributed by atoms with van der Waals surface area (Å²) in [6.07, 6.45) is 7.55. The standard InChI is InChI=1S/C49H48N4O17S4/c1-6-51-38(28(3)46-36-24-31(71(59,60)61)26-42(73(65,66)67)34(36)16-19-39(46)51)18-13-29(33-15-12-30(23-41(33)53(57)58)48(56)50-22-10-8-9-11-45(54)55)14-21-44-49(4,5)47-37-25-32(72(62,63)64)27-43(74(68,69)70)35(37)17-20-40(47)52(44)7-2/h12-21,23-27H,3,6-11,22H2,1-2,4-5H3,(H5-,50,54,55,56,59,60,61,62,63,64,65,66,67,68,69,70)/p+1. The monoisotopic (exact) mass is 1090 g/mol. The predicted molar refractivity (Wildman–Crippen MR) is 274 cm³/mol. The molecule has 0 saturated heterocycles. The van der Waals surface area contributed by atoms with Crippen molar-refractivity contribution >= 4 is 108 Å². The molecule has 0 fully saturated rings. The van der Waals surface area contributed by atoms with E-state index in [1.165, 1.54) is 36.4 Å². The first-order valence-corrected chi connectivity index (χ1v) is 28.3. The van der Waals surface area contributed by atoms with Crippen LogP contribution in [0.5, 0.6) is 0 Å². The minimum absolute atomic E-state index is 0.00321. The van der Waals surface area contributed by atoms with E-state index < -0.39 is 88.0 Å². The number of nitrogens with one attached hydrogen (secondary N) is 1. The molecule has 0 unspecified atom stereocenters. The average molecular weight is 1090 g/mol. The van der Waals surface area contributed by atoms with E-state index in [2.05, 4.69) is 11.9 Å². The number of hydrogen-bond donors (Lipinski definition) is 6. The number of nitrogens with zero attached hydrogens (tertiary/aromatic N) is 3. The lowest BCUT2D eigenvalue weighted by Crippen LogP contribution is -2.25. The van der Waals surface area contributed by atoms with E-state index >= 15 is 0 Å². The number of allylic oxidation sites excluding steroid dienone is 7. The molecule has 0 spiro atoms. The van der Waals surface area contributed by atoms with Crippen LogP contribution >= 0.6 is 0 Å². The summed E-state index contributed by atoms with van der Waals surface area (Å²) in [5.41, 5.74) is 1.07. The summed E-state index contributed by atoms with van der Waals surface area (Å²) < 4.78 is 142. The van der Waals surface area contributed by atoms with Gasteiger partial charge in [-0.1, -0.05) is 39.0 Å². The van der Waals surface area contributed by atoms with Crippen molar-refractivity contribution < 1.29 is 76.1 Å². The van der Waals surface area contributed by atoms with Crippen LogP contribution in [0.2, 0.25) is 0 Å². The lowest BCUT2D eigenvalue weighted by atomic mass is 9.81. The number of benzene rings is 5. The van der Waals surface area contributed by atoms with Crippen LogP contribution in [-0.2, 0) is 50.7 Å². The highest BCUT2D eigenvalue weighted by atomic mass is 32.2. The summed E-state index contributed by atoms with van der Waals surface area (Å²) in [5, 5.41) is 24.5. The van der Waals surface area contributed by atoms with Gasteiger partial charge in [-0.05, 0) is 109 Å². The molecule has 74 heavy (non-hydrogen) atoms. The topological polar surface area (TPSA) is 333 Å². The van der Waals surface area contributed by atoms with Gasteiger partial charge in [-0.2, -0.15) is 38.2 Å². The van der Waals surface area contributed by atoms with Gasteiger partial charge in [0, 0.05) is 70.9 Å². The Morgan fingerprint density at radius 1 is 0.784 bits per heavy atom. The maximum atomic E-state index is 13.3.